The van der Waals surface area contributed by atoms with Gasteiger partial charge in [-0.05, 0) is 43.5 Å². The molecule has 114 valence electrons. The topological polar surface area (TPSA) is 38.5 Å². The van der Waals surface area contributed by atoms with Crippen molar-refractivity contribution in [1.29, 1.82) is 0 Å². The van der Waals surface area contributed by atoms with Crippen molar-refractivity contribution >= 4 is 17.3 Å². The quantitative estimate of drug-likeness (QED) is 0.758. The highest BCUT2D eigenvalue weighted by molar-refractivity contribution is 6.30. The van der Waals surface area contributed by atoms with Gasteiger partial charge in [-0.2, -0.15) is 0 Å². The molecule has 0 fully saturated rings. The van der Waals surface area contributed by atoms with Crippen molar-refractivity contribution in [3.05, 3.63) is 28.8 Å². The number of rotatable bonds is 9. The number of nitrogens with zero attached hydrogens (tertiary/aromatic N) is 1. The third kappa shape index (κ3) is 4.65. The Bertz CT molecular complexity index is 394. The van der Waals surface area contributed by atoms with Gasteiger partial charge in [0.2, 0.25) is 0 Å². The van der Waals surface area contributed by atoms with Crippen molar-refractivity contribution in [3.8, 4) is 0 Å². The van der Waals surface area contributed by atoms with Crippen LogP contribution >= 0.6 is 11.6 Å². The first-order valence-electron chi connectivity index (χ1n) is 7.41. The Balaban J connectivity index is 3.12. The van der Waals surface area contributed by atoms with E-state index in [4.69, 9.17) is 22.1 Å². The van der Waals surface area contributed by atoms with Crippen LogP contribution in [-0.4, -0.2) is 32.8 Å². The second kappa shape index (κ2) is 9.22. The van der Waals surface area contributed by atoms with Crippen molar-refractivity contribution in [2.45, 2.75) is 39.2 Å². The molecule has 0 bridgehead atoms. The van der Waals surface area contributed by atoms with E-state index in [1.54, 1.807) is 7.11 Å². The number of anilines is 1. The Labute approximate surface area is 128 Å². The Morgan fingerprint density at radius 3 is 2.55 bits per heavy atom. The summed E-state index contributed by atoms with van der Waals surface area (Å²) in [4.78, 5) is 2.42. The molecule has 0 saturated heterocycles. The van der Waals surface area contributed by atoms with Gasteiger partial charge in [0.25, 0.3) is 0 Å². The average Bonchev–Trinajstić information content (AvgIpc) is 2.46. The van der Waals surface area contributed by atoms with Gasteiger partial charge in [-0.25, -0.2) is 0 Å². The number of halogens is 1. The monoisotopic (exact) mass is 298 g/mol. The predicted molar refractivity (Wildman–Crippen MR) is 87.8 cm³/mol. The molecule has 20 heavy (non-hydrogen) atoms. The highest BCUT2D eigenvalue weighted by atomic mass is 35.5. The zero-order valence-electron chi connectivity index (χ0n) is 12.9. The van der Waals surface area contributed by atoms with E-state index in [9.17, 15) is 0 Å². The van der Waals surface area contributed by atoms with Crippen LogP contribution < -0.4 is 10.6 Å². The summed E-state index contributed by atoms with van der Waals surface area (Å²) < 4.78 is 5.26. The number of ether oxygens (including phenoxy) is 1. The van der Waals surface area contributed by atoms with Gasteiger partial charge in [0.1, 0.15) is 0 Å². The number of benzene rings is 1. The fourth-order valence-corrected chi connectivity index (χ4v) is 2.76. The minimum atomic E-state index is 0.500. The minimum Gasteiger partial charge on any atom is -0.383 e. The SMILES string of the molecule is CCC(CC)N(CCOC)c1cc(Cl)ccc1CCN. The molecule has 0 radical (unpaired) electrons. The van der Waals surface area contributed by atoms with Gasteiger partial charge in [0.15, 0.2) is 0 Å². The van der Waals surface area contributed by atoms with Gasteiger partial charge in [-0.15, -0.1) is 0 Å². The molecule has 1 rings (SSSR count). The van der Waals surface area contributed by atoms with Crippen LogP contribution in [0.15, 0.2) is 18.2 Å². The normalized spacial score (nSPS) is 11.1. The third-order valence-electron chi connectivity index (χ3n) is 3.69. The van der Waals surface area contributed by atoms with Crippen LogP contribution in [-0.2, 0) is 11.2 Å². The highest BCUT2D eigenvalue weighted by Gasteiger charge is 2.18. The summed E-state index contributed by atoms with van der Waals surface area (Å²) in [6.45, 7) is 6.68. The molecule has 1 aromatic rings. The summed E-state index contributed by atoms with van der Waals surface area (Å²) in [7, 11) is 1.74. The summed E-state index contributed by atoms with van der Waals surface area (Å²) >= 11 is 6.20. The molecule has 2 N–H and O–H groups in total. The lowest BCUT2D eigenvalue weighted by atomic mass is 10.0. The molecule has 0 aromatic heterocycles. The van der Waals surface area contributed by atoms with E-state index >= 15 is 0 Å². The Morgan fingerprint density at radius 1 is 1.30 bits per heavy atom. The lowest BCUT2D eigenvalue weighted by molar-refractivity contribution is 0.202. The number of nitrogens with two attached hydrogens (primary N) is 1. The number of hydrogen-bond donors (Lipinski definition) is 1. The molecule has 0 spiro atoms. The van der Waals surface area contributed by atoms with Crippen molar-refractivity contribution in [2.75, 3.05) is 31.7 Å². The molecule has 0 amide bonds. The molecule has 0 heterocycles. The first-order chi connectivity index (χ1) is 9.67. The molecule has 1 aromatic carbocycles. The van der Waals surface area contributed by atoms with Gasteiger partial charge < -0.3 is 15.4 Å². The van der Waals surface area contributed by atoms with Crippen molar-refractivity contribution in [3.63, 3.8) is 0 Å². The predicted octanol–water partition coefficient (Wildman–Crippen LogP) is 3.48. The van der Waals surface area contributed by atoms with Crippen LogP contribution in [0.3, 0.4) is 0 Å². The summed E-state index contributed by atoms with van der Waals surface area (Å²) in [6, 6.07) is 6.59. The van der Waals surface area contributed by atoms with Gasteiger partial charge in [-0.3, -0.25) is 0 Å². The summed E-state index contributed by atoms with van der Waals surface area (Å²) in [6.07, 6.45) is 3.08. The van der Waals surface area contributed by atoms with Crippen LogP contribution in [0, 0.1) is 0 Å². The van der Waals surface area contributed by atoms with Gasteiger partial charge in [0.05, 0.1) is 6.61 Å². The molecular formula is C16H27ClN2O. The maximum atomic E-state index is 6.20. The van der Waals surface area contributed by atoms with E-state index in [1.165, 1.54) is 11.3 Å². The average molecular weight is 299 g/mol. The zero-order valence-corrected chi connectivity index (χ0v) is 13.6. The first-order valence-corrected chi connectivity index (χ1v) is 7.79. The maximum absolute atomic E-state index is 6.20. The lowest BCUT2D eigenvalue weighted by Crippen LogP contribution is -2.37. The van der Waals surface area contributed by atoms with Crippen molar-refractivity contribution in [2.24, 2.45) is 5.73 Å². The number of methoxy groups -OCH3 is 1. The van der Waals surface area contributed by atoms with Crippen molar-refractivity contribution in [1.82, 2.24) is 0 Å². The summed E-state index contributed by atoms with van der Waals surface area (Å²) in [5, 5.41) is 0.772. The van der Waals surface area contributed by atoms with Gasteiger partial charge in [0, 0.05) is 30.4 Å². The molecular weight excluding hydrogens is 272 g/mol. The molecule has 0 aliphatic rings. The van der Waals surface area contributed by atoms with E-state index in [1.807, 2.05) is 6.07 Å². The van der Waals surface area contributed by atoms with Crippen LogP contribution in [0.5, 0.6) is 0 Å². The van der Waals surface area contributed by atoms with E-state index in [0.717, 1.165) is 30.8 Å². The van der Waals surface area contributed by atoms with E-state index in [2.05, 4.69) is 30.9 Å². The molecule has 0 saturated carbocycles. The fourth-order valence-electron chi connectivity index (χ4n) is 2.59. The molecule has 0 aliphatic heterocycles. The van der Waals surface area contributed by atoms with Gasteiger partial charge in [-0.1, -0.05) is 31.5 Å². The van der Waals surface area contributed by atoms with Crippen LogP contribution in [0.1, 0.15) is 32.3 Å². The van der Waals surface area contributed by atoms with Crippen LogP contribution in [0.4, 0.5) is 5.69 Å². The Hall–Kier alpha value is -0.770. The molecule has 0 unspecified atom stereocenters. The summed E-state index contributed by atoms with van der Waals surface area (Å²) in [5.74, 6) is 0. The summed E-state index contributed by atoms with van der Waals surface area (Å²) in [5.41, 5.74) is 8.20. The zero-order chi connectivity index (χ0) is 15.0. The number of hydrogen-bond acceptors (Lipinski definition) is 3. The van der Waals surface area contributed by atoms with E-state index in [0.29, 0.717) is 19.2 Å². The van der Waals surface area contributed by atoms with Crippen molar-refractivity contribution < 1.29 is 4.74 Å². The molecule has 0 aliphatic carbocycles. The molecule has 4 heteroatoms. The van der Waals surface area contributed by atoms with E-state index < -0.39 is 0 Å². The smallest absolute Gasteiger partial charge is 0.0637 e. The Kier molecular flexibility index (Phi) is 7.97. The Morgan fingerprint density at radius 2 is 2.00 bits per heavy atom. The molecule has 3 nitrogen and oxygen atoms in total. The second-order valence-corrected chi connectivity index (χ2v) is 5.40. The lowest BCUT2D eigenvalue weighted by Gasteiger charge is -2.34. The second-order valence-electron chi connectivity index (χ2n) is 4.97. The van der Waals surface area contributed by atoms with Crippen LogP contribution in [0.25, 0.3) is 0 Å². The standard InChI is InChI=1S/C16H27ClN2O/c1-4-15(5-2)19(10-11-20-3)16-12-14(17)7-6-13(16)8-9-18/h6-7,12,15H,4-5,8-11,18H2,1-3H3. The van der Waals surface area contributed by atoms with Gasteiger partial charge >= 0.3 is 0 Å². The largest absolute Gasteiger partial charge is 0.383 e. The maximum Gasteiger partial charge on any atom is 0.0637 e. The fraction of sp³-hybridized carbons (Fsp3) is 0.625. The molecule has 0 atom stereocenters. The van der Waals surface area contributed by atoms with Crippen LogP contribution in [0.2, 0.25) is 5.02 Å². The minimum absolute atomic E-state index is 0.500. The third-order valence-corrected chi connectivity index (χ3v) is 3.93. The first kappa shape index (κ1) is 17.3. The van der Waals surface area contributed by atoms with E-state index in [-0.39, 0.29) is 0 Å². The highest BCUT2D eigenvalue weighted by Crippen LogP contribution is 2.28.